The number of halogens is 1. The summed E-state index contributed by atoms with van der Waals surface area (Å²) in [7, 11) is -4.48. The maximum Gasteiger partial charge on any atom is 0.281 e. The monoisotopic (exact) mass is 290 g/mol. The van der Waals surface area contributed by atoms with Gasteiger partial charge < -0.3 is 0 Å². The van der Waals surface area contributed by atoms with Crippen LogP contribution in [0.4, 0.5) is 0 Å². The average molecular weight is 291 g/mol. The zero-order valence-corrected chi connectivity index (χ0v) is 11.1. The van der Waals surface area contributed by atoms with Crippen molar-refractivity contribution in [1.82, 2.24) is 0 Å². The molecule has 102 valence electrons. The molecule has 0 unspecified atom stereocenters. The van der Waals surface area contributed by atoms with Gasteiger partial charge in [-0.1, -0.05) is 65.0 Å². The summed E-state index contributed by atoms with van der Waals surface area (Å²) in [5, 5.41) is 0. The molecule has 0 heterocycles. The third-order valence-corrected chi connectivity index (χ3v) is 3.64. The molecule has 5 heteroatoms. The van der Waals surface area contributed by atoms with Crippen LogP contribution in [0.3, 0.4) is 0 Å². The lowest BCUT2D eigenvalue weighted by atomic mass is 9.85. The SMILES string of the molecule is [O-][Cl+3]([O-])([O-])OC1=CC1(c1ccccc1)c1ccccc1. The molecular weight excluding hydrogens is 280 g/mol. The Labute approximate surface area is 118 Å². The third kappa shape index (κ3) is 2.30. The molecule has 0 amide bonds. The van der Waals surface area contributed by atoms with E-state index < -0.39 is 15.7 Å². The molecule has 20 heavy (non-hydrogen) atoms. The first-order valence-corrected chi connectivity index (χ1v) is 7.20. The number of rotatable bonds is 4. The van der Waals surface area contributed by atoms with Gasteiger partial charge in [0, 0.05) is 0 Å². The quantitative estimate of drug-likeness (QED) is 0.780. The molecule has 0 bridgehead atoms. The molecule has 0 saturated carbocycles. The molecule has 0 aliphatic heterocycles. The maximum atomic E-state index is 10.8. The lowest BCUT2D eigenvalue weighted by Crippen LogP contribution is -2.60. The van der Waals surface area contributed by atoms with Crippen molar-refractivity contribution in [3.63, 3.8) is 0 Å². The van der Waals surface area contributed by atoms with Crippen LogP contribution in [-0.2, 0) is 9.70 Å². The summed E-state index contributed by atoms with van der Waals surface area (Å²) in [6.07, 6.45) is 1.64. The molecule has 1 aliphatic rings. The van der Waals surface area contributed by atoms with Crippen molar-refractivity contribution in [2.45, 2.75) is 5.41 Å². The molecule has 0 saturated heterocycles. The van der Waals surface area contributed by atoms with E-state index in [1.165, 1.54) is 0 Å². The highest BCUT2D eigenvalue weighted by Gasteiger charge is 2.56. The number of allylic oxidation sites excluding steroid dienone is 2. The van der Waals surface area contributed by atoms with Gasteiger partial charge in [0.05, 0.1) is 0 Å². The highest BCUT2D eigenvalue weighted by atomic mass is 35.7. The van der Waals surface area contributed by atoms with E-state index in [-0.39, 0.29) is 5.76 Å². The number of benzene rings is 2. The molecule has 2 aromatic rings. The topological polar surface area (TPSA) is 78.4 Å². The third-order valence-electron chi connectivity index (χ3n) is 3.29. The number of hydrogen-bond acceptors (Lipinski definition) is 4. The van der Waals surface area contributed by atoms with Crippen LogP contribution in [-0.4, -0.2) is 0 Å². The van der Waals surface area contributed by atoms with Crippen LogP contribution in [0.25, 0.3) is 0 Å². The predicted octanol–water partition coefficient (Wildman–Crippen LogP) is -0.216. The first-order chi connectivity index (χ1) is 9.52. The second-order valence-corrected chi connectivity index (χ2v) is 5.41. The summed E-state index contributed by atoms with van der Waals surface area (Å²) < 4.78 is 36.9. The molecule has 0 atom stereocenters. The van der Waals surface area contributed by atoms with Crippen molar-refractivity contribution in [2.24, 2.45) is 0 Å². The van der Waals surface area contributed by atoms with E-state index in [9.17, 15) is 14.0 Å². The van der Waals surface area contributed by atoms with Crippen LogP contribution in [0.1, 0.15) is 11.1 Å². The molecule has 4 nitrogen and oxygen atoms in total. The molecule has 0 N–H and O–H groups in total. The summed E-state index contributed by atoms with van der Waals surface area (Å²) in [6.45, 7) is 0. The Morgan fingerprint density at radius 3 is 1.60 bits per heavy atom. The van der Waals surface area contributed by atoms with Crippen molar-refractivity contribution in [2.75, 3.05) is 0 Å². The standard InChI is InChI=1S/C15H11ClO4/c17-16(18,19)20-14-11-15(14,12-7-3-1-4-8-12)13-9-5-2-6-10-13/h1-11H. The number of hydrogen-bond donors (Lipinski definition) is 0. The minimum absolute atomic E-state index is 0.145. The smallest absolute Gasteiger partial charge is 0.167 e. The molecule has 0 aromatic heterocycles. The second kappa shape index (κ2) is 4.61. The van der Waals surface area contributed by atoms with Gasteiger partial charge in [0.15, 0.2) is 0 Å². The van der Waals surface area contributed by atoms with E-state index in [1.54, 1.807) is 6.08 Å². The summed E-state index contributed by atoms with van der Waals surface area (Å²) in [5.74, 6) is 0.145. The largest absolute Gasteiger partial charge is 0.281 e. The minimum atomic E-state index is -4.48. The lowest BCUT2D eigenvalue weighted by Gasteiger charge is -2.19. The van der Waals surface area contributed by atoms with Crippen LogP contribution in [0, 0.1) is 10.2 Å². The van der Waals surface area contributed by atoms with Gasteiger partial charge in [-0.05, 0) is 17.2 Å². The van der Waals surface area contributed by atoms with Crippen molar-refractivity contribution in [3.8, 4) is 0 Å². The fourth-order valence-corrected chi connectivity index (χ4v) is 2.74. The first-order valence-electron chi connectivity index (χ1n) is 5.97. The van der Waals surface area contributed by atoms with Gasteiger partial charge in [0.1, 0.15) is 15.7 Å². The van der Waals surface area contributed by atoms with E-state index >= 15 is 0 Å². The minimum Gasteiger partial charge on any atom is -0.167 e. The fourth-order valence-electron chi connectivity index (χ4n) is 2.37. The van der Waals surface area contributed by atoms with E-state index in [2.05, 4.69) is 4.29 Å². The Morgan fingerprint density at radius 2 is 1.20 bits per heavy atom. The highest BCUT2D eigenvalue weighted by molar-refractivity contribution is 5.61. The van der Waals surface area contributed by atoms with Crippen molar-refractivity contribution in [1.29, 1.82) is 0 Å². The second-order valence-electron chi connectivity index (χ2n) is 4.50. The molecule has 3 rings (SSSR count). The Kier molecular flexibility index (Phi) is 3.03. The molecule has 1 aliphatic carbocycles. The zero-order chi connectivity index (χ0) is 14.2. The van der Waals surface area contributed by atoms with Crippen LogP contribution in [0.5, 0.6) is 0 Å². The molecule has 2 aromatic carbocycles. The molecule has 0 radical (unpaired) electrons. The van der Waals surface area contributed by atoms with Crippen LogP contribution in [0.15, 0.2) is 72.5 Å². The summed E-state index contributed by atoms with van der Waals surface area (Å²) in [4.78, 5) is 0. The van der Waals surface area contributed by atoms with E-state index in [0.717, 1.165) is 11.1 Å². The van der Waals surface area contributed by atoms with Gasteiger partial charge in [-0.25, -0.2) is 0 Å². The summed E-state index contributed by atoms with van der Waals surface area (Å²) in [5.41, 5.74) is 0.965. The maximum absolute atomic E-state index is 10.8. The van der Waals surface area contributed by atoms with E-state index in [4.69, 9.17) is 0 Å². The van der Waals surface area contributed by atoms with Gasteiger partial charge in [-0.2, -0.15) is 14.0 Å². The van der Waals surface area contributed by atoms with E-state index in [0.29, 0.717) is 0 Å². The van der Waals surface area contributed by atoms with Gasteiger partial charge in [0.2, 0.25) is 0 Å². The van der Waals surface area contributed by atoms with Gasteiger partial charge in [-0.15, -0.1) is 0 Å². The summed E-state index contributed by atoms with van der Waals surface area (Å²) >= 11 is 0. The van der Waals surface area contributed by atoms with E-state index in [1.807, 2.05) is 60.7 Å². The molecule has 0 spiro atoms. The Hall–Kier alpha value is -1.85. The lowest BCUT2D eigenvalue weighted by molar-refractivity contribution is -1.92. The molecule has 0 fully saturated rings. The zero-order valence-electron chi connectivity index (χ0n) is 10.4. The van der Waals surface area contributed by atoms with Gasteiger partial charge >= 0.3 is 0 Å². The van der Waals surface area contributed by atoms with Gasteiger partial charge in [-0.3, -0.25) is 0 Å². The van der Waals surface area contributed by atoms with Crippen molar-refractivity contribution in [3.05, 3.63) is 83.6 Å². The van der Waals surface area contributed by atoms with Crippen molar-refractivity contribution >= 4 is 0 Å². The van der Waals surface area contributed by atoms with Crippen LogP contribution in [0.2, 0.25) is 0 Å². The Balaban J connectivity index is 2.00. The van der Waals surface area contributed by atoms with Crippen LogP contribution >= 0.6 is 0 Å². The van der Waals surface area contributed by atoms with Crippen molar-refractivity contribution < 1.29 is 28.5 Å². The van der Waals surface area contributed by atoms with Gasteiger partial charge in [0.25, 0.3) is 5.76 Å². The highest BCUT2D eigenvalue weighted by Crippen LogP contribution is 2.53. The first kappa shape index (κ1) is 13.1. The Bertz CT molecular complexity index is 592. The fraction of sp³-hybridized carbons (Fsp3) is 0.0667. The predicted molar refractivity (Wildman–Crippen MR) is 62.8 cm³/mol. The average Bonchev–Trinajstić information content (AvgIpc) is 3.14. The normalized spacial score (nSPS) is 16.4. The molecular formula is C15H11ClO4. The van der Waals surface area contributed by atoms with Crippen LogP contribution < -0.4 is 14.0 Å². The summed E-state index contributed by atoms with van der Waals surface area (Å²) in [6, 6.07) is 18.6. The Morgan fingerprint density at radius 1 is 0.750 bits per heavy atom.